The molecule has 0 fully saturated rings. The molecule has 1 unspecified atom stereocenters. The molecule has 36 heavy (non-hydrogen) atoms. The Morgan fingerprint density at radius 2 is 1.64 bits per heavy atom. The summed E-state index contributed by atoms with van der Waals surface area (Å²) >= 11 is 0. The van der Waals surface area contributed by atoms with Crippen LogP contribution in [0.1, 0.15) is 79.9 Å². The van der Waals surface area contributed by atoms with Gasteiger partial charge in [-0.2, -0.15) is 0 Å². The van der Waals surface area contributed by atoms with E-state index in [0.717, 1.165) is 27.8 Å². The van der Waals surface area contributed by atoms with Crippen molar-refractivity contribution in [2.75, 3.05) is 27.9 Å². The highest BCUT2D eigenvalue weighted by Crippen LogP contribution is 2.45. The van der Waals surface area contributed by atoms with E-state index in [1.165, 1.54) is 7.11 Å². The average molecular weight is 496 g/mol. The summed E-state index contributed by atoms with van der Waals surface area (Å²) in [5.74, 6) is 0.279. The van der Waals surface area contributed by atoms with Gasteiger partial charge in [-0.25, -0.2) is 4.79 Å². The van der Waals surface area contributed by atoms with Crippen LogP contribution in [0.2, 0.25) is 0 Å². The third-order valence-electron chi connectivity index (χ3n) is 6.39. The van der Waals surface area contributed by atoms with Crippen molar-refractivity contribution in [3.8, 4) is 5.75 Å². The fourth-order valence-corrected chi connectivity index (χ4v) is 4.96. The number of ketones is 1. The Morgan fingerprint density at radius 1 is 1.00 bits per heavy atom. The van der Waals surface area contributed by atoms with Crippen LogP contribution in [-0.4, -0.2) is 44.3 Å². The summed E-state index contributed by atoms with van der Waals surface area (Å²) in [5.41, 5.74) is 3.90. The Bertz CT molecular complexity index is 1170. The number of benzene rings is 2. The standard InChI is InChI=1S/C26H29NO5.2C2H6/c1-26(2)13-18(15-30-3)24(28)23-22(26)20-12-17(25(29)32-5)8-11-21(20)27(23)14-16-6-9-19(31-4)10-7-16;2*1-2/h6-12,18H,13-15H2,1-5H3;2*1-2H3. The van der Waals surface area contributed by atoms with Crippen LogP contribution in [0.4, 0.5) is 0 Å². The molecule has 0 spiro atoms. The lowest BCUT2D eigenvalue weighted by atomic mass is 9.69. The molecule has 1 atom stereocenters. The van der Waals surface area contributed by atoms with Crippen LogP contribution in [0, 0.1) is 5.92 Å². The highest BCUT2D eigenvalue weighted by molar-refractivity contribution is 6.07. The second kappa shape index (κ2) is 12.7. The molecule has 1 aliphatic carbocycles. The molecule has 0 aliphatic heterocycles. The molecule has 4 rings (SSSR count). The first-order valence-corrected chi connectivity index (χ1v) is 12.7. The van der Waals surface area contributed by atoms with Gasteiger partial charge in [0.05, 0.1) is 32.1 Å². The van der Waals surface area contributed by atoms with Crippen LogP contribution >= 0.6 is 0 Å². The number of esters is 1. The van der Waals surface area contributed by atoms with Crippen LogP contribution in [0.15, 0.2) is 42.5 Å². The van der Waals surface area contributed by atoms with E-state index in [4.69, 9.17) is 14.2 Å². The van der Waals surface area contributed by atoms with Crippen molar-refractivity contribution < 1.29 is 23.8 Å². The monoisotopic (exact) mass is 495 g/mol. The summed E-state index contributed by atoms with van der Waals surface area (Å²) in [5, 5.41) is 0.922. The molecule has 6 nitrogen and oxygen atoms in total. The Labute approximate surface area is 215 Å². The lowest BCUT2D eigenvalue weighted by Crippen LogP contribution is -2.37. The fourth-order valence-electron chi connectivity index (χ4n) is 4.96. The predicted molar refractivity (Wildman–Crippen MR) is 145 cm³/mol. The maximum atomic E-state index is 13.6. The molecule has 196 valence electrons. The number of hydrogen-bond acceptors (Lipinski definition) is 5. The number of carbonyl (C=O) groups is 2. The quantitative estimate of drug-likeness (QED) is 0.358. The lowest BCUT2D eigenvalue weighted by Gasteiger charge is -2.35. The Hall–Kier alpha value is -3.12. The van der Waals surface area contributed by atoms with E-state index < -0.39 is 0 Å². The van der Waals surface area contributed by atoms with Gasteiger partial charge in [0.2, 0.25) is 0 Å². The maximum Gasteiger partial charge on any atom is 0.337 e. The summed E-state index contributed by atoms with van der Waals surface area (Å²) < 4.78 is 17.7. The SMILES string of the molecule is CC.CC.COCC1CC(C)(C)c2c(n(Cc3ccc(OC)cc3)c3ccc(C(=O)OC)cc23)C1=O. The number of carbonyl (C=O) groups excluding carboxylic acids is 2. The van der Waals surface area contributed by atoms with Gasteiger partial charge in [-0.1, -0.05) is 53.7 Å². The molecule has 0 saturated heterocycles. The number of hydrogen-bond donors (Lipinski definition) is 0. The molecule has 1 heterocycles. The first-order valence-electron chi connectivity index (χ1n) is 12.7. The van der Waals surface area contributed by atoms with Crippen LogP contribution < -0.4 is 4.74 Å². The minimum Gasteiger partial charge on any atom is -0.497 e. The van der Waals surface area contributed by atoms with Crippen LogP contribution in [0.3, 0.4) is 0 Å². The highest BCUT2D eigenvalue weighted by atomic mass is 16.5. The molecule has 2 aromatic carbocycles. The van der Waals surface area contributed by atoms with E-state index >= 15 is 0 Å². The molecule has 1 aliphatic rings. The summed E-state index contributed by atoms with van der Waals surface area (Å²) in [7, 11) is 4.64. The molecule has 0 saturated carbocycles. The molecule has 3 aromatic rings. The van der Waals surface area contributed by atoms with Gasteiger partial charge in [0.1, 0.15) is 5.75 Å². The van der Waals surface area contributed by atoms with Gasteiger partial charge in [-0.05, 0) is 53.3 Å². The van der Waals surface area contributed by atoms with Gasteiger partial charge in [-0.15, -0.1) is 0 Å². The molecule has 1 aromatic heterocycles. The van der Waals surface area contributed by atoms with Crippen molar-refractivity contribution >= 4 is 22.7 Å². The van der Waals surface area contributed by atoms with E-state index in [1.54, 1.807) is 20.3 Å². The first kappa shape index (κ1) is 29.1. The lowest BCUT2D eigenvalue weighted by molar-refractivity contribution is 0.0600. The van der Waals surface area contributed by atoms with Crippen LogP contribution in [0.5, 0.6) is 5.75 Å². The van der Waals surface area contributed by atoms with Crippen molar-refractivity contribution in [3.63, 3.8) is 0 Å². The van der Waals surface area contributed by atoms with Crippen molar-refractivity contribution in [1.82, 2.24) is 4.57 Å². The van der Waals surface area contributed by atoms with E-state index in [-0.39, 0.29) is 23.1 Å². The molecule has 6 heteroatoms. The Balaban J connectivity index is 0.00000109. The highest BCUT2D eigenvalue weighted by Gasteiger charge is 2.42. The second-order valence-electron chi connectivity index (χ2n) is 8.99. The molecule has 0 N–H and O–H groups in total. The molecule has 0 amide bonds. The van der Waals surface area contributed by atoms with Crippen LogP contribution in [-0.2, 0) is 21.4 Å². The van der Waals surface area contributed by atoms with Gasteiger partial charge in [-0.3, -0.25) is 4.79 Å². The first-order chi connectivity index (χ1) is 17.3. The fraction of sp³-hybridized carbons (Fsp3) is 0.467. The molecule has 0 radical (unpaired) electrons. The number of fused-ring (bicyclic) bond motifs is 3. The number of nitrogens with zero attached hydrogens (tertiary/aromatic N) is 1. The zero-order valence-corrected chi connectivity index (χ0v) is 23.2. The predicted octanol–water partition coefficient (Wildman–Crippen LogP) is 6.66. The van der Waals surface area contributed by atoms with Gasteiger partial charge in [0, 0.05) is 30.5 Å². The third kappa shape index (κ3) is 5.65. The van der Waals surface area contributed by atoms with Crippen molar-refractivity contribution in [2.45, 2.75) is 59.9 Å². The van der Waals surface area contributed by atoms with Gasteiger partial charge < -0.3 is 18.8 Å². The Morgan fingerprint density at radius 3 is 2.19 bits per heavy atom. The van der Waals surface area contributed by atoms with Crippen LogP contribution in [0.25, 0.3) is 10.9 Å². The third-order valence-corrected chi connectivity index (χ3v) is 6.39. The summed E-state index contributed by atoms with van der Waals surface area (Å²) in [4.78, 5) is 25.9. The zero-order valence-electron chi connectivity index (χ0n) is 23.2. The summed E-state index contributed by atoms with van der Waals surface area (Å²) in [6.45, 7) is 13.2. The van der Waals surface area contributed by atoms with Gasteiger partial charge >= 0.3 is 5.97 Å². The van der Waals surface area contributed by atoms with Crippen molar-refractivity contribution in [1.29, 1.82) is 0 Å². The van der Waals surface area contributed by atoms with Gasteiger partial charge in [0.25, 0.3) is 0 Å². The number of ether oxygens (including phenoxy) is 3. The second-order valence-corrected chi connectivity index (χ2v) is 8.99. The maximum absolute atomic E-state index is 13.6. The molecular formula is C30H41NO5. The van der Waals surface area contributed by atoms with Crippen molar-refractivity contribution in [2.24, 2.45) is 5.92 Å². The van der Waals surface area contributed by atoms with E-state index in [2.05, 4.69) is 18.4 Å². The number of aromatic nitrogens is 1. The van der Waals surface area contributed by atoms with E-state index in [0.29, 0.717) is 30.8 Å². The molecule has 0 bridgehead atoms. The van der Waals surface area contributed by atoms with E-state index in [1.807, 2.05) is 64.1 Å². The molecular weight excluding hydrogens is 454 g/mol. The number of rotatable bonds is 6. The summed E-state index contributed by atoms with van der Waals surface area (Å²) in [6, 6.07) is 13.4. The van der Waals surface area contributed by atoms with E-state index in [9.17, 15) is 9.59 Å². The largest absolute Gasteiger partial charge is 0.497 e. The topological polar surface area (TPSA) is 66.8 Å². The minimum absolute atomic E-state index is 0.0884. The normalized spacial score (nSPS) is 15.7. The summed E-state index contributed by atoms with van der Waals surface area (Å²) in [6.07, 6.45) is 0.691. The number of methoxy groups -OCH3 is 3. The Kier molecular flexibility index (Phi) is 10.3. The smallest absolute Gasteiger partial charge is 0.337 e. The average Bonchev–Trinajstić information content (AvgIpc) is 3.24. The van der Waals surface area contributed by atoms with Gasteiger partial charge in [0.15, 0.2) is 5.78 Å². The van der Waals surface area contributed by atoms with Crippen molar-refractivity contribution in [3.05, 3.63) is 64.8 Å². The number of Topliss-reactive ketones (excluding diaryl/α,β-unsaturated/α-hetero) is 1. The minimum atomic E-state index is -0.388. The zero-order chi connectivity index (χ0) is 27.0.